The lowest BCUT2D eigenvalue weighted by Crippen LogP contribution is -2.37. The molecular formula is C17H15Br2NO4. The molecule has 6 atom stereocenters. The van der Waals surface area contributed by atoms with Crippen LogP contribution in [0.2, 0.25) is 0 Å². The summed E-state index contributed by atoms with van der Waals surface area (Å²) >= 11 is 7.34. The summed E-state index contributed by atoms with van der Waals surface area (Å²) in [5, 5.41) is 0. The molecule has 4 rings (SSSR count). The maximum Gasteiger partial charge on any atom is 0.337 e. The van der Waals surface area contributed by atoms with Gasteiger partial charge in [0.1, 0.15) is 0 Å². The number of anilines is 1. The van der Waals surface area contributed by atoms with Gasteiger partial charge in [0.2, 0.25) is 11.8 Å². The van der Waals surface area contributed by atoms with Crippen LogP contribution in [-0.2, 0) is 14.3 Å². The standard InChI is InChI=1S/C17H15Br2NO4/c1-24-17(23)7-3-2-4-8(5-7)20-15(21)11-9-6-10(12(11)16(20)22)14(19)13(9)18/h2-5,9-14H,6H2,1H3/t9-,10-,11-,12-,13-,14+/m0/s1. The summed E-state index contributed by atoms with van der Waals surface area (Å²) < 4.78 is 4.71. The fourth-order valence-corrected chi connectivity index (χ4v) is 6.37. The van der Waals surface area contributed by atoms with Crippen molar-refractivity contribution in [2.75, 3.05) is 12.0 Å². The molecule has 7 heteroatoms. The van der Waals surface area contributed by atoms with Gasteiger partial charge in [-0.2, -0.15) is 0 Å². The summed E-state index contributed by atoms with van der Waals surface area (Å²) in [6.45, 7) is 0. The molecule has 1 aromatic rings. The van der Waals surface area contributed by atoms with Crippen molar-refractivity contribution in [3.8, 4) is 0 Å². The number of rotatable bonds is 2. The normalized spacial score (nSPS) is 37.0. The first-order valence-electron chi connectivity index (χ1n) is 7.80. The monoisotopic (exact) mass is 455 g/mol. The Hall–Kier alpha value is -1.21. The van der Waals surface area contributed by atoms with Gasteiger partial charge in [0.25, 0.3) is 0 Å². The highest BCUT2D eigenvalue weighted by Gasteiger charge is 2.66. The van der Waals surface area contributed by atoms with Crippen molar-refractivity contribution < 1.29 is 19.1 Å². The number of nitrogens with zero attached hydrogens (tertiary/aromatic N) is 1. The van der Waals surface area contributed by atoms with Crippen molar-refractivity contribution in [3.05, 3.63) is 29.8 Å². The molecule has 126 valence electrons. The first-order chi connectivity index (χ1) is 11.5. The van der Waals surface area contributed by atoms with E-state index in [0.717, 1.165) is 6.42 Å². The van der Waals surface area contributed by atoms with E-state index in [0.29, 0.717) is 11.3 Å². The molecule has 2 bridgehead atoms. The van der Waals surface area contributed by atoms with Crippen LogP contribution in [-0.4, -0.2) is 34.5 Å². The maximum absolute atomic E-state index is 12.9. The number of benzene rings is 1. The smallest absolute Gasteiger partial charge is 0.337 e. The van der Waals surface area contributed by atoms with Crippen LogP contribution < -0.4 is 4.90 Å². The molecule has 1 aliphatic heterocycles. The predicted octanol–water partition coefficient (Wildman–Crippen LogP) is 2.76. The molecule has 2 aliphatic carbocycles. The highest BCUT2D eigenvalue weighted by Crippen LogP contribution is 2.60. The van der Waals surface area contributed by atoms with Crippen LogP contribution in [0.5, 0.6) is 0 Å². The van der Waals surface area contributed by atoms with Crippen molar-refractivity contribution in [1.82, 2.24) is 0 Å². The van der Waals surface area contributed by atoms with Gasteiger partial charge < -0.3 is 4.74 Å². The fourth-order valence-electron chi connectivity index (χ4n) is 4.49. The summed E-state index contributed by atoms with van der Waals surface area (Å²) in [7, 11) is 1.30. The third-order valence-corrected chi connectivity index (χ3v) is 8.72. The van der Waals surface area contributed by atoms with Gasteiger partial charge in [-0.1, -0.05) is 37.9 Å². The molecule has 0 spiro atoms. The number of carbonyl (C=O) groups is 3. The minimum Gasteiger partial charge on any atom is -0.465 e. The second-order valence-corrected chi connectivity index (χ2v) is 8.67. The number of carbonyl (C=O) groups excluding carboxylic acids is 3. The van der Waals surface area contributed by atoms with Gasteiger partial charge in [-0.15, -0.1) is 0 Å². The van der Waals surface area contributed by atoms with Crippen LogP contribution >= 0.6 is 31.9 Å². The summed E-state index contributed by atoms with van der Waals surface area (Å²) in [4.78, 5) is 39.3. The molecule has 3 aliphatic rings. The summed E-state index contributed by atoms with van der Waals surface area (Å²) in [5.41, 5.74) is 0.770. The molecule has 1 saturated heterocycles. The van der Waals surface area contributed by atoms with Crippen LogP contribution in [0.1, 0.15) is 16.8 Å². The van der Waals surface area contributed by atoms with Crippen molar-refractivity contribution in [1.29, 1.82) is 0 Å². The first-order valence-corrected chi connectivity index (χ1v) is 9.63. The Morgan fingerprint density at radius 3 is 2.25 bits per heavy atom. The molecule has 2 amide bonds. The zero-order chi connectivity index (χ0) is 17.2. The lowest BCUT2D eigenvalue weighted by atomic mass is 9.81. The third-order valence-electron chi connectivity index (χ3n) is 5.51. The van der Waals surface area contributed by atoms with Gasteiger partial charge in [-0.05, 0) is 36.5 Å². The van der Waals surface area contributed by atoms with E-state index in [2.05, 4.69) is 31.9 Å². The fraction of sp³-hybridized carbons (Fsp3) is 0.471. The van der Waals surface area contributed by atoms with Crippen LogP contribution in [0.3, 0.4) is 0 Å². The number of amides is 2. The van der Waals surface area contributed by atoms with Gasteiger partial charge in [-0.3, -0.25) is 14.5 Å². The van der Waals surface area contributed by atoms with Crippen LogP contribution in [0.4, 0.5) is 5.69 Å². The highest BCUT2D eigenvalue weighted by atomic mass is 79.9. The van der Waals surface area contributed by atoms with E-state index in [-0.39, 0.29) is 45.1 Å². The SMILES string of the molecule is COC(=O)c1cccc(N2C(=O)[C@H]3[C@@H]4C[C@H]([C@@H](Br)[C@H]4Br)[C@@H]3C2=O)c1. The Morgan fingerprint density at radius 1 is 1.12 bits per heavy atom. The molecule has 0 radical (unpaired) electrons. The minimum absolute atomic E-state index is 0.150. The van der Waals surface area contributed by atoms with Crippen LogP contribution in [0, 0.1) is 23.7 Å². The van der Waals surface area contributed by atoms with Gasteiger partial charge in [-0.25, -0.2) is 4.79 Å². The molecule has 1 aromatic carbocycles. The van der Waals surface area contributed by atoms with Gasteiger partial charge >= 0.3 is 5.97 Å². The van der Waals surface area contributed by atoms with Gasteiger partial charge in [0.15, 0.2) is 0 Å². The minimum atomic E-state index is -0.489. The number of methoxy groups -OCH3 is 1. The van der Waals surface area contributed by atoms with Crippen molar-refractivity contribution in [2.24, 2.45) is 23.7 Å². The molecule has 3 fully saturated rings. The zero-order valence-corrected chi connectivity index (χ0v) is 16.0. The van der Waals surface area contributed by atoms with Crippen LogP contribution in [0.25, 0.3) is 0 Å². The van der Waals surface area contributed by atoms with E-state index in [4.69, 9.17) is 4.74 Å². The van der Waals surface area contributed by atoms with Gasteiger partial charge in [0.05, 0.1) is 30.2 Å². The molecule has 0 N–H and O–H groups in total. The lowest BCUT2D eigenvalue weighted by Gasteiger charge is -2.28. The number of halogens is 2. The van der Waals surface area contributed by atoms with E-state index < -0.39 is 5.97 Å². The number of alkyl halides is 2. The van der Waals surface area contributed by atoms with E-state index in [1.807, 2.05) is 0 Å². The average molecular weight is 457 g/mol. The number of hydrogen-bond acceptors (Lipinski definition) is 4. The topological polar surface area (TPSA) is 63.7 Å². The number of imide groups is 1. The van der Waals surface area contributed by atoms with Crippen LogP contribution in [0.15, 0.2) is 24.3 Å². The van der Waals surface area contributed by atoms with E-state index in [9.17, 15) is 14.4 Å². The Morgan fingerprint density at radius 2 is 1.71 bits per heavy atom. The highest BCUT2D eigenvalue weighted by molar-refractivity contribution is 9.12. The Labute approximate surface area is 156 Å². The second-order valence-electron chi connectivity index (χ2n) is 6.56. The van der Waals surface area contributed by atoms with Gasteiger partial charge in [0, 0.05) is 9.65 Å². The largest absolute Gasteiger partial charge is 0.465 e. The number of hydrogen-bond donors (Lipinski definition) is 0. The van der Waals surface area contributed by atoms with Crippen molar-refractivity contribution >= 4 is 55.3 Å². The average Bonchev–Trinajstić information content (AvgIpc) is 3.19. The number of ether oxygens (including phenoxy) is 1. The molecule has 24 heavy (non-hydrogen) atoms. The molecule has 0 aromatic heterocycles. The lowest BCUT2D eigenvalue weighted by molar-refractivity contribution is -0.123. The van der Waals surface area contributed by atoms with E-state index in [1.54, 1.807) is 24.3 Å². The maximum atomic E-state index is 12.9. The van der Waals surface area contributed by atoms with E-state index >= 15 is 0 Å². The molecule has 1 heterocycles. The number of esters is 1. The molecule has 5 nitrogen and oxygen atoms in total. The van der Waals surface area contributed by atoms with Crippen molar-refractivity contribution in [2.45, 2.75) is 16.1 Å². The predicted molar refractivity (Wildman–Crippen MR) is 94.3 cm³/mol. The van der Waals surface area contributed by atoms with Crippen molar-refractivity contribution in [3.63, 3.8) is 0 Å². The summed E-state index contributed by atoms with van der Waals surface area (Å²) in [6, 6.07) is 6.49. The summed E-state index contributed by atoms with van der Waals surface area (Å²) in [6.07, 6.45) is 0.898. The Kier molecular flexibility index (Phi) is 3.84. The Bertz CT molecular complexity index is 720. The molecule has 2 saturated carbocycles. The Balaban J connectivity index is 1.70. The summed E-state index contributed by atoms with van der Waals surface area (Å²) in [5.74, 6) is -0.960. The number of fused-ring (bicyclic) bond motifs is 5. The first kappa shape index (κ1) is 16.3. The van der Waals surface area contributed by atoms with E-state index in [1.165, 1.54) is 12.0 Å². The molecular weight excluding hydrogens is 442 g/mol. The third kappa shape index (κ3) is 2.07. The second kappa shape index (κ2) is 5.66. The molecule has 0 unspecified atom stereocenters. The zero-order valence-electron chi connectivity index (χ0n) is 12.8. The quantitative estimate of drug-likeness (QED) is 0.390.